The molecule has 0 unspecified atom stereocenters. The van der Waals surface area contributed by atoms with Crippen LogP contribution in [0.25, 0.3) is 10.9 Å². The van der Waals surface area contributed by atoms with Gasteiger partial charge in [0.2, 0.25) is 0 Å². The van der Waals surface area contributed by atoms with Crippen LogP contribution in [0, 0.1) is 12.8 Å². The van der Waals surface area contributed by atoms with E-state index in [1.54, 1.807) is 30.5 Å². The smallest absolute Gasteiger partial charge is 0.328 e. The molecule has 0 saturated heterocycles. The van der Waals surface area contributed by atoms with Gasteiger partial charge in [0.05, 0.1) is 10.9 Å². The van der Waals surface area contributed by atoms with E-state index in [0.717, 1.165) is 5.82 Å². The summed E-state index contributed by atoms with van der Waals surface area (Å²) in [5.41, 5.74) is -0.0293. The van der Waals surface area contributed by atoms with E-state index in [-0.39, 0.29) is 17.2 Å². The van der Waals surface area contributed by atoms with E-state index in [2.05, 4.69) is 9.97 Å². The van der Waals surface area contributed by atoms with Crippen molar-refractivity contribution >= 4 is 10.9 Å². The van der Waals surface area contributed by atoms with Crippen LogP contribution in [0.15, 0.2) is 46.2 Å². The molecule has 22 heavy (non-hydrogen) atoms. The highest BCUT2D eigenvalue weighted by atomic mass is 16.2. The number of aryl methyl sites for hydroxylation is 1. The van der Waals surface area contributed by atoms with Crippen molar-refractivity contribution in [3.05, 3.63) is 63.3 Å². The molecule has 0 saturated carbocycles. The van der Waals surface area contributed by atoms with Gasteiger partial charge in [-0.3, -0.25) is 9.36 Å². The second-order valence-corrected chi connectivity index (χ2v) is 5.62. The molecule has 0 aliphatic rings. The van der Waals surface area contributed by atoms with E-state index in [1.165, 1.54) is 4.57 Å². The van der Waals surface area contributed by atoms with Gasteiger partial charge in [0.25, 0.3) is 5.56 Å². The number of nitrogens with zero attached hydrogens (tertiary/aromatic N) is 3. The van der Waals surface area contributed by atoms with Crippen LogP contribution in [0.1, 0.15) is 12.7 Å². The fourth-order valence-corrected chi connectivity index (χ4v) is 2.67. The van der Waals surface area contributed by atoms with Crippen molar-refractivity contribution in [2.45, 2.75) is 26.9 Å². The molecule has 3 aromatic rings. The van der Waals surface area contributed by atoms with Gasteiger partial charge in [-0.2, -0.15) is 0 Å². The van der Waals surface area contributed by atoms with Crippen LogP contribution in [0.5, 0.6) is 0 Å². The highest BCUT2D eigenvalue weighted by molar-refractivity contribution is 5.76. The number of H-pyrrole nitrogens is 1. The largest absolute Gasteiger partial charge is 0.335 e. The first-order chi connectivity index (χ1) is 10.6. The molecule has 1 atom stereocenters. The quantitative estimate of drug-likeness (QED) is 0.794. The van der Waals surface area contributed by atoms with Gasteiger partial charge in [-0.15, -0.1) is 0 Å². The van der Waals surface area contributed by atoms with Gasteiger partial charge >= 0.3 is 5.69 Å². The van der Waals surface area contributed by atoms with Crippen molar-refractivity contribution in [1.82, 2.24) is 19.1 Å². The predicted octanol–water partition coefficient (Wildman–Crippen LogP) is 1.53. The van der Waals surface area contributed by atoms with Crippen LogP contribution in [0.4, 0.5) is 0 Å². The second kappa shape index (κ2) is 5.63. The third kappa shape index (κ3) is 2.59. The van der Waals surface area contributed by atoms with Crippen LogP contribution in [0.2, 0.25) is 0 Å². The molecular weight excluding hydrogens is 280 g/mol. The molecule has 0 amide bonds. The Morgan fingerprint density at radius 3 is 2.73 bits per heavy atom. The summed E-state index contributed by atoms with van der Waals surface area (Å²) in [4.78, 5) is 31.6. The Bertz CT molecular complexity index is 920. The lowest BCUT2D eigenvalue weighted by Gasteiger charge is -2.14. The lowest BCUT2D eigenvalue weighted by atomic mass is 10.1. The predicted molar refractivity (Wildman–Crippen MR) is 85.0 cm³/mol. The van der Waals surface area contributed by atoms with E-state index in [0.29, 0.717) is 24.0 Å². The summed E-state index contributed by atoms with van der Waals surface area (Å²) in [7, 11) is 0. The Morgan fingerprint density at radius 2 is 2.00 bits per heavy atom. The summed E-state index contributed by atoms with van der Waals surface area (Å²) in [5, 5.41) is 0.535. The average molecular weight is 298 g/mol. The first-order valence-electron chi connectivity index (χ1n) is 7.26. The molecule has 0 radical (unpaired) electrons. The van der Waals surface area contributed by atoms with Crippen molar-refractivity contribution < 1.29 is 0 Å². The molecule has 114 valence electrons. The second-order valence-electron chi connectivity index (χ2n) is 5.62. The number of rotatable bonds is 4. The maximum atomic E-state index is 12.5. The molecular formula is C16H18N4O2. The van der Waals surface area contributed by atoms with E-state index >= 15 is 0 Å². The lowest BCUT2D eigenvalue weighted by Crippen LogP contribution is -2.37. The average Bonchev–Trinajstić information content (AvgIpc) is 2.89. The number of benzene rings is 1. The fraction of sp³-hybridized carbons (Fsp3) is 0.312. The maximum absolute atomic E-state index is 12.5. The minimum atomic E-state index is -0.363. The number of hydrogen-bond acceptors (Lipinski definition) is 3. The molecule has 2 aromatic heterocycles. The zero-order valence-electron chi connectivity index (χ0n) is 12.6. The van der Waals surface area contributed by atoms with Crippen molar-refractivity contribution in [2.75, 3.05) is 0 Å². The monoisotopic (exact) mass is 298 g/mol. The molecule has 0 bridgehead atoms. The highest BCUT2D eigenvalue weighted by Crippen LogP contribution is 2.07. The van der Waals surface area contributed by atoms with Crippen molar-refractivity contribution in [3.8, 4) is 0 Å². The minimum absolute atomic E-state index is 0.132. The van der Waals surface area contributed by atoms with E-state index in [1.807, 2.05) is 24.6 Å². The Hall–Kier alpha value is -2.63. The first-order valence-corrected chi connectivity index (χ1v) is 7.26. The van der Waals surface area contributed by atoms with Crippen molar-refractivity contribution in [2.24, 2.45) is 5.92 Å². The lowest BCUT2D eigenvalue weighted by molar-refractivity contribution is 0.400. The third-order valence-corrected chi connectivity index (χ3v) is 3.82. The van der Waals surface area contributed by atoms with Crippen LogP contribution < -0.4 is 11.2 Å². The van der Waals surface area contributed by atoms with Crippen LogP contribution in [-0.4, -0.2) is 19.1 Å². The minimum Gasteiger partial charge on any atom is -0.335 e. The van der Waals surface area contributed by atoms with Crippen molar-refractivity contribution in [1.29, 1.82) is 0 Å². The van der Waals surface area contributed by atoms with Crippen LogP contribution in [-0.2, 0) is 13.1 Å². The number of aromatic nitrogens is 4. The summed E-state index contributed by atoms with van der Waals surface area (Å²) >= 11 is 0. The molecule has 0 aliphatic heterocycles. The maximum Gasteiger partial charge on any atom is 0.328 e. The Kier molecular flexibility index (Phi) is 3.66. The topological polar surface area (TPSA) is 72.7 Å². The number of aromatic amines is 1. The zero-order valence-corrected chi connectivity index (χ0v) is 12.6. The Morgan fingerprint density at radius 1 is 1.23 bits per heavy atom. The summed E-state index contributed by atoms with van der Waals surface area (Å²) in [6.45, 7) is 5.03. The van der Waals surface area contributed by atoms with Gasteiger partial charge in [0, 0.05) is 25.5 Å². The molecule has 6 heteroatoms. The van der Waals surface area contributed by atoms with Gasteiger partial charge in [0.15, 0.2) is 0 Å². The van der Waals surface area contributed by atoms with Crippen LogP contribution >= 0.6 is 0 Å². The van der Waals surface area contributed by atoms with E-state index in [9.17, 15) is 9.59 Å². The molecule has 0 aliphatic carbocycles. The first kappa shape index (κ1) is 14.3. The Labute approximate surface area is 127 Å². The van der Waals surface area contributed by atoms with Crippen molar-refractivity contribution in [3.63, 3.8) is 0 Å². The SMILES string of the molecule is Cc1nccn1C[C@H](C)Cn1c(=O)[nH]c2ccccc2c1=O. The third-order valence-electron chi connectivity index (χ3n) is 3.82. The molecule has 0 fully saturated rings. The number of fused-ring (bicyclic) bond motifs is 1. The van der Waals surface area contributed by atoms with Gasteiger partial charge in [0.1, 0.15) is 5.82 Å². The zero-order chi connectivity index (χ0) is 15.7. The molecule has 1 N–H and O–H groups in total. The summed E-state index contributed by atoms with van der Waals surface area (Å²) in [6.07, 6.45) is 3.65. The van der Waals surface area contributed by atoms with E-state index < -0.39 is 0 Å². The van der Waals surface area contributed by atoms with Gasteiger partial charge < -0.3 is 9.55 Å². The molecule has 1 aromatic carbocycles. The number of hydrogen-bond donors (Lipinski definition) is 1. The van der Waals surface area contributed by atoms with Crippen LogP contribution in [0.3, 0.4) is 0 Å². The number of nitrogens with one attached hydrogen (secondary N) is 1. The summed E-state index contributed by atoms with van der Waals surface area (Å²) in [5.74, 6) is 1.06. The summed E-state index contributed by atoms with van der Waals surface area (Å²) < 4.78 is 3.30. The molecule has 3 rings (SSSR count). The molecule has 0 spiro atoms. The highest BCUT2D eigenvalue weighted by Gasteiger charge is 2.12. The molecule has 2 heterocycles. The number of imidazole rings is 1. The van der Waals surface area contributed by atoms with Gasteiger partial charge in [-0.1, -0.05) is 19.1 Å². The number of para-hydroxylation sites is 1. The fourth-order valence-electron chi connectivity index (χ4n) is 2.67. The van der Waals surface area contributed by atoms with Gasteiger partial charge in [-0.05, 0) is 25.0 Å². The van der Waals surface area contributed by atoms with E-state index in [4.69, 9.17) is 0 Å². The van der Waals surface area contributed by atoms with Gasteiger partial charge in [-0.25, -0.2) is 9.78 Å². The Balaban J connectivity index is 1.92. The molecule has 6 nitrogen and oxygen atoms in total. The standard InChI is InChI=1S/C16H18N4O2/c1-11(9-19-8-7-17-12(19)2)10-20-15(21)13-5-3-4-6-14(13)18-16(20)22/h3-8,11H,9-10H2,1-2H3,(H,18,22)/t11-/m0/s1. The normalized spacial score (nSPS) is 12.6. The summed E-state index contributed by atoms with van der Waals surface area (Å²) in [6, 6.07) is 7.06.